The van der Waals surface area contributed by atoms with Gasteiger partial charge in [-0.3, -0.25) is 4.79 Å². The zero-order chi connectivity index (χ0) is 25.7. The van der Waals surface area contributed by atoms with Gasteiger partial charge < -0.3 is 14.2 Å². The molecule has 0 saturated carbocycles. The lowest BCUT2D eigenvalue weighted by molar-refractivity contribution is -0.149. The molecule has 8 nitrogen and oxygen atoms in total. The predicted molar refractivity (Wildman–Crippen MR) is 143 cm³/mol. The van der Waals surface area contributed by atoms with Gasteiger partial charge in [-0.05, 0) is 50.6 Å². The second-order valence-electron chi connectivity index (χ2n) is 8.16. The fourth-order valence-electron chi connectivity index (χ4n) is 3.32. The number of carbonyl (C=O) groups excluding carboxylic acids is 1. The maximum Gasteiger partial charge on any atom is 0.344 e. The molecule has 0 saturated heterocycles. The number of aromatic nitrogens is 2. The number of esters is 1. The number of rotatable bonds is 9. The highest BCUT2D eigenvalue weighted by atomic mass is 79.9. The second-order valence-corrected chi connectivity index (χ2v) is 9.99. The SMILES string of the molecule is CC[C@H](C)c1nc2ccc(Br)cc2c(=O)n1N=Cc1cc(Br)cc(OC)c1OCC(=O)OC(C)C. The van der Waals surface area contributed by atoms with E-state index in [9.17, 15) is 9.59 Å². The summed E-state index contributed by atoms with van der Waals surface area (Å²) in [7, 11) is 1.50. The molecule has 0 aliphatic heterocycles. The highest BCUT2D eigenvalue weighted by Gasteiger charge is 2.18. The quantitative estimate of drug-likeness (QED) is 0.230. The Bertz CT molecular complexity index is 1320. The molecule has 35 heavy (non-hydrogen) atoms. The van der Waals surface area contributed by atoms with Crippen LogP contribution in [0.2, 0.25) is 0 Å². The fraction of sp³-hybridized carbons (Fsp3) is 0.360. The molecule has 1 atom stereocenters. The molecule has 10 heteroatoms. The fourth-order valence-corrected chi connectivity index (χ4v) is 4.13. The summed E-state index contributed by atoms with van der Waals surface area (Å²) in [6.45, 7) is 7.24. The third-order valence-electron chi connectivity index (χ3n) is 5.17. The van der Waals surface area contributed by atoms with Gasteiger partial charge in [0.1, 0.15) is 5.82 Å². The number of nitrogens with zero attached hydrogens (tertiary/aromatic N) is 3. The van der Waals surface area contributed by atoms with Gasteiger partial charge in [-0.2, -0.15) is 9.78 Å². The Morgan fingerprint density at radius 1 is 1.17 bits per heavy atom. The molecule has 3 aromatic rings. The van der Waals surface area contributed by atoms with Crippen molar-refractivity contribution >= 4 is 54.9 Å². The van der Waals surface area contributed by atoms with Crippen LogP contribution in [0.1, 0.15) is 51.4 Å². The van der Waals surface area contributed by atoms with Crippen molar-refractivity contribution in [3.63, 3.8) is 0 Å². The Labute approximate surface area is 220 Å². The van der Waals surface area contributed by atoms with Crippen molar-refractivity contribution in [1.82, 2.24) is 9.66 Å². The van der Waals surface area contributed by atoms with E-state index in [4.69, 9.17) is 19.2 Å². The molecule has 2 aromatic carbocycles. The zero-order valence-corrected chi connectivity index (χ0v) is 23.3. The average molecular weight is 609 g/mol. The molecular weight excluding hydrogens is 582 g/mol. The number of hydrogen-bond acceptors (Lipinski definition) is 7. The topological polar surface area (TPSA) is 92.0 Å². The summed E-state index contributed by atoms with van der Waals surface area (Å²) in [4.78, 5) is 30.2. The molecule has 1 aromatic heterocycles. The van der Waals surface area contributed by atoms with Crippen molar-refractivity contribution in [3.05, 3.63) is 61.0 Å². The summed E-state index contributed by atoms with van der Waals surface area (Å²) in [5.74, 6) is 0.732. The van der Waals surface area contributed by atoms with E-state index >= 15 is 0 Å². The van der Waals surface area contributed by atoms with Gasteiger partial charge in [-0.1, -0.05) is 45.7 Å². The predicted octanol–water partition coefficient (Wildman–Crippen LogP) is 5.66. The average Bonchev–Trinajstić information content (AvgIpc) is 2.81. The monoisotopic (exact) mass is 607 g/mol. The molecule has 1 heterocycles. The Hall–Kier alpha value is -2.72. The van der Waals surface area contributed by atoms with Crippen molar-refractivity contribution < 1.29 is 19.0 Å². The number of ether oxygens (including phenoxy) is 3. The number of hydrogen-bond donors (Lipinski definition) is 0. The van der Waals surface area contributed by atoms with E-state index < -0.39 is 5.97 Å². The van der Waals surface area contributed by atoms with Gasteiger partial charge in [-0.25, -0.2) is 9.78 Å². The number of fused-ring (bicyclic) bond motifs is 1. The van der Waals surface area contributed by atoms with Gasteiger partial charge >= 0.3 is 5.97 Å². The van der Waals surface area contributed by atoms with Gasteiger partial charge in [0.25, 0.3) is 5.56 Å². The summed E-state index contributed by atoms with van der Waals surface area (Å²) in [5, 5.41) is 4.95. The molecule has 0 aliphatic carbocycles. The summed E-state index contributed by atoms with van der Waals surface area (Å²) < 4.78 is 19.2. The molecule has 0 fully saturated rings. The number of carbonyl (C=O) groups is 1. The summed E-state index contributed by atoms with van der Waals surface area (Å²) >= 11 is 6.87. The maximum atomic E-state index is 13.4. The summed E-state index contributed by atoms with van der Waals surface area (Å²) in [6.07, 6.45) is 2.01. The van der Waals surface area contributed by atoms with Crippen LogP contribution in [0.3, 0.4) is 0 Å². The number of benzene rings is 2. The highest BCUT2D eigenvalue weighted by Crippen LogP contribution is 2.34. The zero-order valence-electron chi connectivity index (χ0n) is 20.2. The van der Waals surface area contributed by atoms with E-state index in [-0.39, 0.29) is 24.2 Å². The second kappa shape index (κ2) is 11.8. The third kappa shape index (κ3) is 6.49. The van der Waals surface area contributed by atoms with Crippen LogP contribution in [-0.4, -0.2) is 41.7 Å². The Morgan fingerprint density at radius 2 is 1.91 bits per heavy atom. The van der Waals surface area contributed by atoms with Crippen LogP contribution < -0.4 is 15.0 Å². The van der Waals surface area contributed by atoms with Crippen molar-refractivity contribution in [2.45, 2.75) is 46.1 Å². The molecular formula is C25H27Br2N3O5. The van der Waals surface area contributed by atoms with Crippen LogP contribution in [0.5, 0.6) is 11.5 Å². The largest absolute Gasteiger partial charge is 0.493 e. The van der Waals surface area contributed by atoms with Gasteiger partial charge in [0.2, 0.25) is 0 Å². The Kier molecular flexibility index (Phi) is 9.07. The van der Waals surface area contributed by atoms with Crippen LogP contribution in [0.25, 0.3) is 10.9 Å². The highest BCUT2D eigenvalue weighted by molar-refractivity contribution is 9.10. The molecule has 0 radical (unpaired) electrons. The molecule has 0 bridgehead atoms. The molecule has 0 amide bonds. The van der Waals surface area contributed by atoms with E-state index in [1.54, 1.807) is 32.0 Å². The van der Waals surface area contributed by atoms with E-state index in [1.807, 2.05) is 26.0 Å². The first kappa shape index (κ1) is 26.9. The first-order valence-electron chi connectivity index (χ1n) is 11.1. The smallest absolute Gasteiger partial charge is 0.344 e. The van der Waals surface area contributed by atoms with Gasteiger partial charge in [0.15, 0.2) is 18.1 Å². The van der Waals surface area contributed by atoms with E-state index in [0.717, 1.165) is 10.9 Å². The first-order chi connectivity index (χ1) is 16.6. The minimum atomic E-state index is -0.507. The van der Waals surface area contributed by atoms with Crippen LogP contribution in [0, 0.1) is 0 Å². The van der Waals surface area contributed by atoms with Crippen molar-refractivity contribution in [1.29, 1.82) is 0 Å². The lowest BCUT2D eigenvalue weighted by Gasteiger charge is -2.16. The van der Waals surface area contributed by atoms with E-state index in [0.29, 0.717) is 38.3 Å². The number of methoxy groups -OCH3 is 1. The molecule has 3 rings (SSSR count). The van der Waals surface area contributed by atoms with E-state index in [2.05, 4.69) is 37.0 Å². The lowest BCUT2D eigenvalue weighted by atomic mass is 10.1. The van der Waals surface area contributed by atoms with E-state index in [1.165, 1.54) is 18.0 Å². The van der Waals surface area contributed by atoms with Crippen LogP contribution in [0.15, 0.2) is 49.2 Å². The van der Waals surface area contributed by atoms with Gasteiger partial charge in [0, 0.05) is 20.4 Å². The molecule has 0 unspecified atom stereocenters. The lowest BCUT2D eigenvalue weighted by Crippen LogP contribution is -2.24. The van der Waals surface area contributed by atoms with Crippen LogP contribution in [-0.2, 0) is 9.53 Å². The van der Waals surface area contributed by atoms with Crippen LogP contribution >= 0.6 is 31.9 Å². The number of halogens is 2. The maximum absolute atomic E-state index is 13.4. The first-order valence-corrected chi connectivity index (χ1v) is 12.7. The van der Waals surface area contributed by atoms with Gasteiger partial charge in [0.05, 0.1) is 30.3 Å². The van der Waals surface area contributed by atoms with Crippen molar-refractivity contribution in [2.75, 3.05) is 13.7 Å². The minimum Gasteiger partial charge on any atom is -0.493 e. The normalized spacial score (nSPS) is 12.3. The minimum absolute atomic E-state index is 0.00790. The van der Waals surface area contributed by atoms with Crippen molar-refractivity contribution in [3.8, 4) is 11.5 Å². The van der Waals surface area contributed by atoms with Crippen molar-refractivity contribution in [2.24, 2.45) is 5.10 Å². The Morgan fingerprint density at radius 3 is 2.57 bits per heavy atom. The van der Waals surface area contributed by atoms with Crippen LogP contribution in [0.4, 0.5) is 0 Å². The molecule has 0 N–H and O–H groups in total. The molecule has 0 spiro atoms. The standard InChI is InChI=1S/C25H27Br2N3O5/c1-6-15(4)24-29-20-8-7-17(26)10-19(20)25(32)30(24)28-12-16-9-18(27)11-21(33-5)23(16)34-13-22(31)35-14(2)3/h7-12,14-15H,6,13H2,1-5H3/t15-/m0/s1. The summed E-state index contributed by atoms with van der Waals surface area (Å²) in [6, 6.07) is 8.86. The van der Waals surface area contributed by atoms with Gasteiger partial charge in [-0.15, -0.1) is 0 Å². The third-order valence-corrected chi connectivity index (χ3v) is 6.12. The molecule has 186 valence electrons. The molecule has 0 aliphatic rings. The Balaban J connectivity index is 2.11. The summed E-state index contributed by atoms with van der Waals surface area (Å²) in [5.41, 5.74) is 0.828.